The third kappa shape index (κ3) is 5.38. The number of esters is 1. The molecule has 0 heterocycles. The third-order valence-electron chi connectivity index (χ3n) is 3.00. The summed E-state index contributed by atoms with van der Waals surface area (Å²) in [5.74, 6) is -0.866. The summed E-state index contributed by atoms with van der Waals surface area (Å²) in [6.07, 6.45) is 1.02. The van der Waals surface area contributed by atoms with Crippen molar-refractivity contribution in [2.24, 2.45) is 0 Å². The average molecular weight is 357 g/mol. The number of rotatable bonds is 6. The fourth-order valence-electron chi connectivity index (χ4n) is 1.82. The summed E-state index contributed by atoms with van der Waals surface area (Å²) >= 11 is 3.25. The molecule has 5 nitrogen and oxygen atoms in total. The lowest BCUT2D eigenvalue weighted by atomic mass is 10.2. The molecule has 0 aliphatic heterocycles. The van der Waals surface area contributed by atoms with E-state index in [2.05, 4.69) is 21.2 Å². The molecule has 0 spiro atoms. The van der Waals surface area contributed by atoms with Crippen LogP contribution in [-0.4, -0.2) is 24.0 Å². The second kappa shape index (κ2) is 8.02. The molecular formula is C15H21BrN2O3. The second-order valence-corrected chi connectivity index (χ2v) is 5.84. The Hall–Kier alpha value is -1.56. The quantitative estimate of drug-likeness (QED) is 0.606. The minimum absolute atomic E-state index is 0.0620. The van der Waals surface area contributed by atoms with E-state index >= 15 is 0 Å². The maximum absolute atomic E-state index is 12.0. The Labute approximate surface area is 133 Å². The Kier molecular flexibility index (Phi) is 6.68. The summed E-state index contributed by atoms with van der Waals surface area (Å²) in [5.41, 5.74) is 6.47. The Bertz CT molecular complexity index is 520. The zero-order chi connectivity index (χ0) is 16.0. The van der Waals surface area contributed by atoms with E-state index in [1.54, 1.807) is 19.1 Å². The van der Waals surface area contributed by atoms with Crippen LogP contribution in [0, 0.1) is 0 Å². The lowest BCUT2D eigenvalue weighted by Crippen LogP contribution is -2.40. The van der Waals surface area contributed by atoms with Crippen molar-refractivity contribution in [3.63, 3.8) is 0 Å². The van der Waals surface area contributed by atoms with Gasteiger partial charge in [-0.2, -0.15) is 0 Å². The first-order valence-corrected chi connectivity index (χ1v) is 7.70. The fourth-order valence-corrected chi connectivity index (χ4v) is 2.06. The van der Waals surface area contributed by atoms with Crippen molar-refractivity contribution >= 4 is 33.5 Å². The molecule has 2 unspecified atom stereocenters. The average Bonchev–Trinajstić information content (AvgIpc) is 2.41. The van der Waals surface area contributed by atoms with Crippen LogP contribution in [-0.2, 0) is 9.53 Å². The van der Waals surface area contributed by atoms with Gasteiger partial charge in [-0.05, 0) is 54.4 Å². The molecule has 0 saturated carbocycles. The number of hydrogen-bond acceptors (Lipinski definition) is 4. The molecule has 3 N–H and O–H groups in total. The van der Waals surface area contributed by atoms with Gasteiger partial charge in [0.2, 0.25) is 0 Å². The van der Waals surface area contributed by atoms with Gasteiger partial charge in [-0.1, -0.05) is 13.3 Å². The van der Waals surface area contributed by atoms with Gasteiger partial charge in [0.05, 0.1) is 5.56 Å². The Morgan fingerprint density at radius 1 is 1.38 bits per heavy atom. The van der Waals surface area contributed by atoms with E-state index < -0.39 is 12.1 Å². The normalized spacial score (nSPS) is 13.3. The van der Waals surface area contributed by atoms with E-state index in [4.69, 9.17) is 10.5 Å². The summed E-state index contributed by atoms with van der Waals surface area (Å²) in [5, 5.41) is 2.81. The van der Waals surface area contributed by atoms with Gasteiger partial charge in [-0.25, -0.2) is 4.79 Å². The Morgan fingerprint density at radius 3 is 2.62 bits per heavy atom. The molecule has 0 radical (unpaired) electrons. The number of nitrogen functional groups attached to an aromatic ring is 1. The molecular weight excluding hydrogens is 336 g/mol. The number of hydrogen-bond donors (Lipinski definition) is 2. The van der Waals surface area contributed by atoms with Crippen molar-refractivity contribution in [2.75, 3.05) is 5.73 Å². The third-order valence-corrected chi connectivity index (χ3v) is 3.72. The number of nitrogens with one attached hydrogen (secondary N) is 1. The maximum Gasteiger partial charge on any atom is 0.338 e. The van der Waals surface area contributed by atoms with Crippen molar-refractivity contribution in [3.05, 3.63) is 28.2 Å². The molecule has 0 aliphatic rings. The van der Waals surface area contributed by atoms with Crippen LogP contribution in [0.5, 0.6) is 0 Å². The molecule has 6 heteroatoms. The highest BCUT2D eigenvalue weighted by atomic mass is 79.9. The molecule has 116 valence electrons. The first kappa shape index (κ1) is 17.5. The summed E-state index contributed by atoms with van der Waals surface area (Å²) in [6.45, 7) is 5.52. The van der Waals surface area contributed by atoms with Crippen molar-refractivity contribution in [3.8, 4) is 0 Å². The number of carbonyl (C=O) groups excluding carboxylic acids is 2. The number of halogens is 1. The number of anilines is 1. The fraction of sp³-hybridized carbons (Fsp3) is 0.467. The van der Waals surface area contributed by atoms with Crippen LogP contribution in [0.3, 0.4) is 0 Å². The summed E-state index contributed by atoms with van der Waals surface area (Å²) < 4.78 is 5.86. The number of ether oxygens (including phenoxy) is 1. The van der Waals surface area contributed by atoms with Crippen LogP contribution in [0.25, 0.3) is 0 Å². The standard InChI is InChI=1S/C15H21BrN2O3/c1-4-5-9(2)18-14(19)10(3)21-15(20)11-6-7-12(16)13(17)8-11/h6-10H,4-5,17H2,1-3H3,(H,18,19). The van der Waals surface area contributed by atoms with E-state index in [0.717, 1.165) is 12.8 Å². The van der Waals surface area contributed by atoms with Crippen LogP contribution in [0.1, 0.15) is 44.0 Å². The van der Waals surface area contributed by atoms with Gasteiger partial charge in [0.1, 0.15) is 0 Å². The minimum Gasteiger partial charge on any atom is -0.449 e. The first-order chi connectivity index (χ1) is 9.85. The van der Waals surface area contributed by atoms with Crippen molar-refractivity contribution < 1.29 is 14.3 Å². The van der Waals surface area contributed by atoms with E-state index in [1.807, 2.05) is 13.8 Å². The highest BCUT2D eigenvalue weighted by molar-refractivity contribution is 9.10. The molecule has 0 bridgehead atoms. The lowest BCUT2D eigenvalue weighted by Gasteiger charge is -2.17. The molecule has 1 aromatic rings. The van der Waals surface area contributed by atoms with Crippen molar-refractivity contribution in [2.45, 2.75) is 45.8 Å². The van der Waals surface area contributed by atoms with Crippen LogP contribution >= 0.6 is 15.9 Å². The number of carbonyl (C=O) groups is 2. The highest BCUT2D eigenvalue weighted by Crippen LogP contribution is 2.20. The number of benzene rings is 1. The van der Waals surface area contributed by atoms with Crippen LogP contribution < -0.4 is 11.1 Å². The van der Waals surface area contributed by atoms with Crippen LogP contribution in [0.15, 0.2) is 22.7 Å². The largest absolute Gasteiger partial charge is 0.449 e. The molecule has 21 heavy (non-hydrogen) atoms. The zero-order valence-electron chi connectivity index (χ0n) is 12.5. The Balaban J connectivity index is 2.60. The molecule has 1 rings (SSSR count). The number of nitrogens with two attached hydrogens (primary N) is 1. The zero-order valence-corrected chi connectivity index (χ0v) is 14.1. The topological polar surface area (TPSA) is 81.4 Å². The first-order valence-electron chi connectivity index (χ1n) is 6.91. The van der Waals surface area contributed by atoms with Gasteiger partial charge in [-0.3, -0.25) is 4.79 Å². The van der Waals surface area contributed by atoms with E-state index in [9.17, 15) is 9.59 Å². The second-order valence-electron chi connectivity index (χ2n) is 4.98. The maximum atomic E-state index is 12.0. The van der Waals surface area contributed by atoms with Gasteiger partial charge in [0.15, 0.2) is 6.10 Å². The van der Waals surface area contributed by atoms with Gasteiger partial charge in [-0.15, -0.1) is 0 Å². The smallest absolute Gasteiger partial charge is 0.338 e. The highest BCUT2D eigenvalue weighted by Gasteiger charge is 2.20. The predicted molar refractivity (Wildman–Crippen MR) is 85.9 cm³/mol. The molecule has 1 amide bonds. The van der Waals surface area contributed by atoms with Gasteiger partial charge < -0.3 is 15.8 Å². The van der Waals surface area contributed by atoms with Crippen molar-refractivity contribution in [1.29, 1.82) is 0 Å². The lowest BCUT2D eigenvalue weighted by molar-refractivity contribution is -0.129. The Morgan fingerprint density at radius 2 is 2.05 bits per heavy atom. The van der Waals surface area contributed by atoms with Crippen LogP contribution in [0.2, 0.25) is 0 Å². The summed E-state index contributed by atoms with van der Waals surface area (Å²) in [7, 11) is 0. The monoisotopic (exact) mass is 356 g/mol. The molecule has 0 aliphatic carbocycles. The van der Waals surface area contributed by atoms with Gasteiger partial charge in [0, 0.05) is 16.2 Å². The molecule has 0 saturated heterocycles. The van der Waals surface area contributed by atoms with Crippen molar-refractivity contribution in [1.82, 2.24) is 5.32 Å². The van der Waals surface area contributed by atoms with E-state index in [0.29, 0.717) is 15.7 Å². The predicted octanol–water partition coefficient (Wildman–Crippen LogP) is 2.88. The van der Waals surface area contributed by atoms with Gasteiger partial charge in [0.25, 0.3) is 5.91 Å². The van der Waals surface area contributed by atoms with Crippen LogP contribution in [0.4, 0.5) is 5.69 Å². The summed E-state index contributed by atoms with van der Waals surface area (Å²) in [4.78, 5) is 23.9. The molecule has 1 aromatic carbocycles. The molecule has 2 atom stereocenters. The summed E-state index contributed by atoms with van der Waals surface area (Å²) in [6, 6.07) is 4.83. The SMILES string of the molecule is CCCC(C)NC(=O)C(C)OC(=O)c1ccc(Br)c(N)c1. The van der Waals surface area contributed by atoms with E-state index in [-0.39, 0.29) is 11.9 Å². The molecule has 0 aromatic heterocycles. The minimum atomic E-state index is -0.846. The van der Waals surface area contributed by atoms with Gasteiger partial charge >= 0.3 is 5.97 Å². The molecule has 0 fully saturated rings. The number of amides is 1. The van der Waals surface area contributed by atoms with E-state index in [1.165, 1.54) is 6.07 Å².